The van der Waals surface area contributed by atoms with E-state index < -0.39 is 0 Å². The second-order valence-electron chi connectivity index (χ2n) is 5.53. The Kier molecular flexibility index (Phi) is 5.41. The lowest BCUT2D eigenvalue weighted by atomic mass is 10.1. The Morgan fingerprint density at radius 2 is 2.08 bits per heavy atom. The van der Waals surface area contributed by atoms with Crippen LogP contribution in [0.5, 0.6) is 5.88 Å². The van der Waals surface area contributed by atoms with Gasteiger partial charge in [-0.05, 0) is 30.2 Å². The lowest BCUT2D eigenvalue weighted by molar-refractivity contribution is 0.0946. The molecule has 2 heterocycles. The molecule has 0 unspecified atom stereocenters. The largest absolute Gasteiger partial charge is 0.477 e. The number of nitrogens with one attached hydrogen (secondary N) is 1. The fourth-order valence-corrected chi connectivity index (χ4v) is 2.52. The highest BCUT2D eigenvalue weighted by Crippen LogP contribution is 2.14. The Bertz CT molecular complexity index is 831. The second kappa shape index (κ2) is 8.10. The SMILES string of the molecule is CCOc1ncccc1C(=O)NCc1cccc(Cn2ccnc2)c1. The van der Waals surface area contributed by atoms with E-state index in [2.05, 4.69) is 27.4 Å². The minimum atomic E-state index is -0.198. The number of amides is 1. The number of benzene rings is 1. The van der Waals surface area contributed by atoms with Gasteiger partial charge < -0.3 is 14.6 Å². The quantitative estimate of drug-likeness (QED) is 0.720. The van der Waals surface area contributed by atoms with E-state index in [1.807, 2.05) is 29.8 Å². The molecular formula is C19H20N4O2. The molecule has 128 valence electrons. The van der Waals surface area contributed by atoms with Crippen LogP contribution in [0.15, 0.2) is 61.3 Å². The lowest BCUT2D eigenvalue weighted by Gasteiger charge is -2.10. The van der Waals surface area contributed by atoms with Crippen molar-refractivity contribution in [3.63, 3.8) is 0 Å². The van der Waals surface area contributed by atoms with E-state index in [4.69, 9.17) is 4.74 Å². The molecule has 0 aliphatic carbocycles. The van der Waals surface area contributed by atoms with Crippen LogP contribution in [-0.4, -0.2) is 27.0 Å². The fourth-order valence-electron chi connectivity index (χ4n) is 2.52. The van der Waals surface area contributed by atoms with Crippen molar-refractivity contribution in [2.75, 3.05) is 6.61 Å². The fraction of sp³-hybridized carbons (Fsp3) is 0.211. The van der Waals surface area contributed by atoms with Crippen LogP contribution in [-0.2, 0) is 13.1 Å². The summed E-state index contributed by atoms with van der Waals surface area (Å²) in [5.41, 5.74) is 2.63. The molecule has 0 aliphatic rings. The summed E-state index contributed by atoms with van der Waals surface area (Å²) >= 11 is 0. The third-order valence-electron chi connectivity index (χ3n) is 3.67. The topological polar surface area (TPSA) is 69.0 Å². The normalized spacial score (nSPS) is 10.4. The highest BCUT2D eigenvalue weighted by atomic mass is 16.5. The molecule has 0 fully saturated rings. The molecule has 0 saturated carbocycles. The van der Waals surface area contributed by atoms with Gasteiger partial charge in [-0.3, -0.25) is 4.79 Å². The van der Waals surface area contributed by atoms with E-state index in [0.29, 0.717) is 24.6 Å². The molecule has 0 saturated heterocycles. The van der Waals surface area contributed by atoms with Crippen molar-refractivity contribution in [1.82, 2.24) is 19.9 Å². The van der Waals surface area contributed by atoms with Crippen LogP contribution in [0.2, 0.25) is 0 Å². The van der Waals surface area contributed by atoms with E-state index in [1.165, 1.54) is 0 Å². The van der Waals surface area contributed by atoms with E-state index in [-0.39, 0.29) is 5.91 Å². The van der Waals surface area contributed by atoms with Crippen molar-refractivity contribution in [2.45, 2.75) is 20.0 Å². The maximum Gasteiger partial charge on any atom is 0.257 e. The molecule has 6 heteroatoms. The van der Waals surface area contributed by atoms with Crippen molar-refractivity contribution in [3.05, 3.63) is 78.0 Å². The molecule has 1 aromatic carbocycles. The maximum atomic E-state index is 12.4. The van der Waals surface area contributed by atoms with Crippen molar-refractivity contribution in [3.8, 4) is 5.88 Å². The predicted octanol–water partition coefficient (Wildman–Crippen LogP) is 2.66. The van der Waals surface area contributed by atoms with Crippen molar-refractivity contribution in [2.24, 2.45) is 0 Å². The number of ether oxygens (including phenoxy) is 1. The number of imidazole rings is 1. The number of carbonyl (C=O) groups excluding carboxylic acids is 1. The molecule has 3 aromatic rings. The first-order valence-electron chi connectivity index (χ1n) is 8.16. The van der Waals surface area contributed by atoms with Crippen LogP contribution in [0.3, 0.4) is 0 Å². The zero-order chi connectivity index (χ0) is 17.5. The number of rotatable bonds is 7. The molecule has 1 N–H and O–H groups in total. The Hall–Kier alpha value is -3.15. The van der Waals surface area contributed by atoms with Gasteiger partial charge in [0.1, 0.15) is 5.56 Å². The predicted molar refractivity (Wildman–Crippen MR) is 94.3 cm³/mol. The van der Waals surface area contributed by atoms with Crippen molar-refractivity contribution >= 4 is 5.91 Å². The summed E-state index contributed by atoms with van der Waals surface area (Å²) in [7, 11) is 0. The molecule has 0 atom stereocenters. The summed E-state index contributed by atoms with van der Waals surface area (Å²) in [6.45, 7) is 3.52. The molecule has 6 nitrogen and oxygen atoms in total. The zero-order valence-electron chi connectivity index (χ0n) is 14.1. The summed E-state index contributed by atoms with van der Waals surface area (Å²) in [5.74, 6) is 0.160. The van der Waals surface area contributed by atoms with Gasteiger partial charge in [0.2, 0.25) is 5.88 Å². The molecule has 0 aliphatic heterocycles. The molecule has 0 spiro atoms. The van der Waals surface area contributed by atoms with Gasteiger partial charge in [-0.25, -0.2) is 9.97 Å². The summed E-state index contributed by atoms with van der Waals surface area (Å²) in [4.78, 5) is 20.6. The lowest BCUT2D eigenvalue weighted by Crippen LogP contribution is -2.23. The highest BCUT2D eigenvalue weighted by molar-refractivity contribution is 5.96. The van der Waals surface area contributed by atoms with Gasteiger partial charge in [0, 0.05) is 31.7 Å². The van der Waals surface area contributed by atoms with Crippen LogP contribution in [0.4, 0.5) is 0 Å². The molecule has 1 amide bonds. The Morgan fingerprint density at radius 1 is 1.20 bits per heavy atom. The van der Waals surface area contributed by atoms with Gasteiger partial charge in [0.05, 0.1) is 12.9 Å². The molecule has 25 heavy (non-hydrogen) atoms. The van der Waals surface area contributed by atoms with Crippen molar-refractivity contribution in [1.29, 1.82) is 0 Å². The van der Waals surface area contributed by atoms with Crippen LogP contribution < -0.4 is 10.1 Å². The van der Waals surface area contributed by atoms with E-state index in [9.17, 15) is 4.79 Å². The first-order chi connectivity index (χ1) is 12.3. The maximum absolute atomic E-state index is 12.4. The first-order valence-corrected chi connectivity index (χ1v) is 8.16. The smallest absolute Gasteiger partial charge is 0.257 e. The second-order valence-corrected chi connectivity index (χ2v) is 5.53. The number of aromatic nitrogens is 3. The number of pyridine rings is 1. The van der Waals surface area contributed by atoms with Gasteiger partial charge >= 0.3 is 0 Å². The summed E-state index contributed by atoms with van der Waals surface area (Å²) in [6, 6.07) is 11.5. The monoisotopic (exact) mass is 336 g/mol. The average molecular weight is 336 g/mol. The third kappa shape index (κ3) is 4.44. The molecule has 0 bridgehead atoms. The van der Waals surface area contributed by atoms with Crippen LogP contribution in [0, 0.1) is 0 Å². The van der Waals surface area contributed by atoms with Crippen LogP contribution >= 0.6 is 0 Å². The molecule has 3 rings (SSSR count). The van der Waals surface area contributed by atoms with E-state index >= 15 is 0 Å². The summed E-state index contributed by atoms with van der Waals surface area (Å²) < 4.78 is 7.41. The van der Waals surface area contributed by atoms with E-state index in [0.717, 1.165) is 17.7 Å². The molecule has 2 aromatic heterocycles. The van der Waals surface area contributed by atoms with Gasteiger partial charge in [0.15, 0.2) is 0 Å². The molecular weight excluding hydrogens is 316 g/mol. The van der Waals surface area contributed by atoms with Crippen LogP contribution in [0.25, 0.3) is 0 Å². The Labute approximate surface area is 146 Å². The Balaban J connectivity index is 1.64. The van der Waals surface area contributed by atoms with Gasteiger partial charge in [-0.2, -0.15) is 0 Å². The zero-order valence-corrected chi connectivity index (χ0v) is 14.1. The summed E-state index contributed by atoms with van der Waals surface area (Å²) in [6.07, 6.45) is 7.08. The highest BCUT2D eigenvalue weighted by Gasteiger charge is 2.12. The standard InChI is InChI=1S/C19H20N4O2/c1-2-25-19-17(7-4-8-21-19)18(24)22-12-15-5-3-6-16(11-15)13-23-10-9-20-14-23/h3-11,14H,2,12-13H2,1H3,(H,22,24). The third-order valence-corrected chi connectivity index (χ3v) is 3.67. The van der Waals surface area contributed by atoms with Gasteiger partial charge in [-0.15, -0.1) is 0 Å². The van der Waals surface area contributed by atoms with Crippen molar-refractivity contribution < 1.29 is 9.53 Å². The van der Waals surface area contributed by atoms with E-state index in [1.54, 1.807) is 30.9 Å². The average Bonchev–Trinajstić information content (AvgIpc) is 3.14. The molecule has 0 radical (unpaired) electrons. The number of nitrogens with zero attached hydrogens (tertiary/aromatic N) is 3. The Morgan fingerprint density at radius 3 is 2.88 bits per heavy atom. The first kappa shape index (κ1) is 16.7. The van der Waals surface area contributed by atoms with Crippen LogP contribution in [0.1, 0.15) is 28.4 Å². The minimum absolute atomic E-state index is 0.198. The van der Waals surface area contributed by atoms with Gasteiger partial charge in [-0.1, -0.05) is 24.3 Å². The number of carbonyl (C=O) groups is 1. The number of hydrogen-bond donors (Lipinski definition) is 1. The summed E-state index contributed by atoms with van der Waals surface area (Å²) in [5, 5.41) is 2.92. The van der Waals surface area contributed by atoms with Gasteiger partial charge in [0.25, 0.3) is 5.91 Å². The minimum Gasteiger partial charge on any atom is -0.477 e. The number of hydrogen-bond acceptors (Lipinski definition) is 4.